The van der Waals surface area contributed by atoms with Crippen molar-refractivity contribution in [3.05, 3.63) is 51.2 Å². The molecule has 0 aliphatic carbocycles. The molecule has 21 heavy (non-hydrogen) atoms. The van der Waals surface area contributed by atoms with E-state index in [-0.39, 0.29) is 11.8 Å². The summed E-state index contributed by atoms with van der Waals surface area (Å²) in [5.41, 5.74) is 4.61. The van der Waals surface area contributed by atoms with Crippen LogP contribution in [0, 0.1) is 3.57 Å². The van der Waals surface area contributed by atoms with Crippen molar-refractivity contribution in [2.24, 2.45) is 5.84 Å². The molecule has 0 radical (unpaired) electrons. The molecule has 1 aromatic carbocycles. The molecule has 6 heteroatoms. The number of nitrogen functional groups attached to an aromatic ring is 1. The minimum Gasteiger partial charge on any atom is -0.322 e. The summed E-state index contributed by atoms with van der Waals surface area (Å²) >= 11 is 2.20. The highest BCUT2D eigenvalue weighted by Gasteiger charge is 2.12. The third kappa shape index (κ3) is 4.15. The van der Waals surface area contributed by atoms with Gasteiger partial charge in [0.15, 0.2) is 0 Å². The number of nitrogens with one attached hydrogen (secondary N) is 2. The third-order valence-corrected chi connectivity index (χ3v) is 3.60. The number of aromatic nitrogens is 1. The quantitative estimate of drug-likeness (QED) is 0.421. The van der Waals surface area contributed by atoms with Crippen LogP contribution < -0.4 is 16.6 Å². The Balaban J connectivity index is 2.28. The van der Waals surface area contributed by atoms with Gasteiger partial charge in [0.05, 0.1) is 0 Å². The number of pyridine rings is 1. The molecule has 0 aliphatic rings. The molecule has 110 valence electrons. The van der Waals surface area contributed by atoms with Crippen LogP contribution in [0.15, 0.2) is 36.4 Å². The van der Waals surface area contributed by atoms with Crippen LogP contribution in [0.25, 0.3) is 0 Å². The maximum atomic E-state index is 12.4. The van der Waals surface area contributed by atoms with Crippen molar-refractivity contribution in [3.63, 3.8) is 0 Å². The van der Waals surface area contributed by atoms with E-state index in [2.05, 4.69) is 38.3 Å². The van der Waals surface area contributed by atoms with Crippen LogP contribution in [0.2, 0.25) is 0 Å². The van der Waals surface area contributed by atoms with E-state index in [1.54, 1.807) is 12.1 Å². The van der Waals surface area contributed by atoms with Gasteiger partial charge in [0.25, 0.3) is 5.91 Å². The largest absolute Gasteiger partial charge is 0.322 e. The summed E-state index contributed by atoms with van der Waals surface area (Å²) in [6.07, 6.45) is 0. The van der Waals surface area contributed by atoms with Gasteiger partial charge in [-0.25, -0.2) is 10.8 Å². The number of halogens is 1. The molecule has 1 amide bonds. The van der Waals surface area contributed by atoms with E-state index in [0.29, 0.717) is 11.4 Å². The van der Waals surface area contributed by atoms with Gasteiger partial charge in [-0.3, -0.25) is 4.79 Å². The standard InChI is InChI=1S/C15H17IN4O/c1-9(2)13-6-10(7-14(19-13)20-17)15(21)18-12-5-3-4-11(16)8-12/h3-9H,17H2,1-2H3,(H,18,21)(H,19,20). The number of rotatable bonds is 4. The molecule has 0 saturated carbocycles. The maximum absolute atomic E-state index is 12.4. The average Bonchev–Trinajstić information content (AvgIpc) is 2.46. The molecule has 0 unspecified atom stereocenters. The molecule has 0 aliphatic heterocycles. The van der Waals surface area contributed by atoms with Gasteiger partial charge in [0.1, 0.15) is 5.82 Å². The molecule has 5 nitrogen and oxygen atoms in total. The number of carbonyl (C=O) groups is 1. The van der Waals surface area contributed by atoms with Crippen molar-refractivity contribution in [1.82, 2.24) is 4.98 Å². The Morgan fingerprint density at radius 1 is 1.29 bits per heavy atom. The van der Waals surface area contributed by atoms with E-state index in [1.165, 1.54) is 0 Å². The summed E-state index contributed by atoms with van der Waals surface area (Å²) in [7, 11) is 0. The molecule has 0 atom stereocenters. The number of amides is 1. The first-order valence-electron chi connectivity index (χ1n) is 6.55. The van der Waals surface area contributed by atoms with E-state index in [9.17, 15) is 4.79 Å². The topological polar surface area (TPSA) is 80.0 Å². The number of nitrogens with zero attached hydrogens (tertiary/aromatic N) is 1. The molecule has 0 fully saturated rings. The number of hydrogen-bond donors (Lipinski definition) is 3. The molecule has 0 saturated heterocycles. The molecule has 2 aromatic rings. The fourth-order valence-corrected chi connectivity index (χ4v) is 2.37. The van der Waals surface area contributed by atoms with E-state index >= 15 is 0 Å². The van der Waals surface area contributed by atoms with Gasteiger partial charge in [-0.1, -0.05) is 19.9 Å². The van der Waals surface area contributed by atoms with E-state index < -0.39 is 0 Å². The second kappa shape index (κ2) is 6.86. The van der Waals surface area contributed by atoms with Crippen LogP contribution in [0.1, 0.15) is 35.8 Å². The Labute approximate surface area is 137 Å². The molecular formula is C15H17IN4O. The monoisotopic (exact) mass is 396 g/mol. The predicted octanol–water partition coefficient (Wildman–Crippen LogP) is 3.35. The lowest BCUT2D eigenvalue weighted by molar-refractivity contribution is 0.102. The van der Waals surface area contributed by atoms with E-state index in [1.807, 2.05) is 38.1 Å². The zero-order valence-electron chi connectivity index (χ0n) is 11.9. The molecule has 1 aromatic heterocycles. The minimum absolute atomic E-state index is 0.183. The summed E-state index contributed by atoms with van der Waals surface area (Å²) in [6.45, 7) is 4.04. The number of anilines is 2. The average molecular weight is 396 g/mol. The van der Waals surface area contributed by atoms with Crippen molar-refractivity contribution >= 4 is 40.0 Å². The smallest absolute Gasteiger partial charge is 0.255 e. The van der Waals surface area contributed by atoms with Gasteiger partial charge >= 0.3 is 0 Å². The van der Waals surface area contributed by atoms with Gasteiger partial charge in [-0.15, -0.1) is 0 Å². The van der Waals surface area contributed by atoms with Gasteiger partial charge in [0, 0.05) is 20.5 Å². The number of carbonyl (C=O) groups excluding carboxylic acids is 1. The summed E-state index contributed by atoms with van der Waals surface area (Å²) in [5.74, 6) is 5.92. The lowest BCUT2D eigenvalue weighted by Crippen LogP contribution is -2.16. The molecule has 0 bridgehead atoms. The van der Waals surface area contributed by atoms with Gasteiger partial charge in [-0.2, -0.15) is 0 Å². The lowest BCUT2D eigenvalue weighted by Gasteiger charge is -2.11. The molecule has 0 spiro atoms. The minimum atomic E-state index is -0.183. The summed E-state index contributed by atoms with van der Waals surface area (Å²) < 4.78 is 1.06. The highest BCUT2D eigenvalue weighted by Crippen LogP contribution is 2.19. The second-order valence-corrected chi connectivity index (χ2v) is 6.18. The Bertz CT molecular complexity index is 658. The van der Waals surface area contributed by atoms with Crippen LogP contribution in [-0.2, 0) is 0 Å². The zero-order valence-corrected chi connectivity index (χ0v) is 14.0. The van der Waals surface area contributed by atoms with Crippen LogP contribution in [0.3, 0.4) is 0 Å². The Kier molecular flexibility index (Phi) is 5.13. The van der Waals surface area contributed by atoms with Crippen molar-refractivity contribution in [2.45, 2.75) is 19.8 Å². The zero-order chi connectivity index (χ0) is 15.4. The number of benzene rings is 1. The molecule has 2 rings (SSSR count). The molecule has 1 heterocycles. The fraction of sp³-hybridized carbons (Fsp3) is 0.200. The first-order valence-corrected chi connectivity index (χ1v) is 7.63. The predicted molar refractivity (Wildman–Crippen MR) is 93.2 cm³/mol. The summed E-state index contributed by atoms with van der Waals surface area (Å²) in [4.78, 5) is 16.7. The highest BCUT2D eigenvalue weighted by molar-refractivity contribution is 14.1. The van der Waals surface area contributed by atoms with Crippen molar-refractivity contribution in [3.8, 4) is 0 Å². The van der Waals surface area contributed by atoms with Crippen LogP contribution >= 0.6 is 22.6 Å². The normalized spacial score (nSPS) is 10.5. The van der Waals surface area contributed by atoms with Crippen molar-refractivity contribution in [2.75, 3.05) is 10.7 Å². The first-order chi connectivity index (χ1) is 9.99. The Hall–Kier alpha value is -1.67. The number of nitrogens with two attached hydrogens (primary N) is 1. The summed E-state index contributed by atoms with van der Waals surface area (Å²) in [6, 6.07) is 11.0. The fourth-order valence-electron chi connectivity index (χ4n) is 1.82. The van der Waals surface area contributed by atoms with Crippen LogP contribution in [0.4, 0.5) is 11.5 Å². The number of hydrogen-bond acceptors (Lipinski definition) is 4. The second-order valence-electron chi connectivity index (χ2n) is 4.93. The lowest BCUT2D eigenvalue weighted by atomic mass is 10.1. The van der Waals surface area contributed by atoms with Crippen LogP contribution in [0.5, 0.6) is 0 Å². The SMILES string of the molecule is CC(C)c1cc(C(=O)Nc2cccc(I)c2)cc(NN)n1. The van der Waals surface area contributed by atoms with Gasteiger partial charge in [-0.05, 0) is 58.8 Å². The highest BCUT2D eigenvalue weighted by atomic mass is 127. The van der Waals surface area contributed by atoms with Crippen LogP contribution in [-0.4, -0.2) is 10.9 Å². The Morgan fingerprint density at radius 2 is 2.05 bits per heavy atom. The third-order valence-electron chi connectivity index (χ3n) is 2.93. The van der Waals surface area contributed by atoms with E-state index in [0.717, 1.165) is 15.0 Å². The van der Waals surface area contributed by atoms with Gasteiger partial charge < -0.3 is 10.7 Å². The van der Waals surface area contributed by atoms with E-state index in [4.69, 9.17) is 5.84 Å². The molecular weight excluding hydrogens is 379 g/mol. The van der Waals surface area contributed by atoms with Gasteiger partial charge in [0.2, 0.25) is 0 Å². The maximum Gasteiger partial charge on any atom is 0.255 e. The first kappa shape index (κ1) is 15.7. The molecule has 4 N–H and O–H groups in total. The summed E-state index contributed by atoms with van der Waals surface area (Å²) in [5, 5.41) is 2.88. The van der Waals surface area contributed by atoms with Crippen molar-refractivity contribution in [1.29, 1.82) is 0 Å². The number of hydrazine groups is 1. The Morgan fingerprint density at radius 3 is 2.67 bits per heavy atom. The van der Waals surface area contributed by atoms with Crippen molar-refractivity contribution < 1.29 is 4.79 Å².